The van der Waals surface area contributed by atoms with Crippen molar-refractivity contribution in [3.05, 3.63) is 58.2 Å². The first-order valence-electron chi connectivity index (χ1n) is 16.7. The van der Waals surface area contributed by atoms with Crippen molar-refractivity contribution in [2.75, 3.05) is 34.8 Å². The molecule has 4 amide bonds. The van der Waals surface area contributed by atoms with E-state index in [2.05, 4.69) is 4.98 Å². The van der Waals surface area contributed by atoms with Gasteiger partial charge in [0.1, 0.15) is 28.9 Å². The van der Waals surface area contributed by atoms with Gasteiger partial charge in [-0.05, 0) is 55.7 Å². The maximum atomic E-state index is 14.5. The Bertz CT molecular complexity index is 1410. The zero-order chi connectivity index (χ0) is 35.7. The molecule has 2 aromatic rings. The molecule has 1 aromatic carbocycles. The molecule has 5 atom stereocenters. The topological polar surface area (TPSA) is 124 Å². The highest BCUT2D eigenvalue weighted by Crippen LogP contribution is 2.35. The van der Waals surface area contributed by atoms with Crippen molar-refractivity contribution >= 4 is 35.0 Å². The van der Waals surface area contributed by atoms with Gasteiger partial charge in [-0.1, -0.05) is 46.2 Å². The maximum Gasteiger partial charge on any atom is 0.250 e. The van der Waals surface area contributed by atoms with Crippen LogP contribution in [0, 0.1) is 11.8 Å². The Morgan fingerprint density at radius 1 is 1.04 bits per heavy atom. The molecule has 1 aliphatic rings. The molecule has 3 unspecified atom stereocenters. The monoisotopic (exact) mass is 683 g/mol. The number of likely N-dealkylation sites (N-methyl/N-ethyl adjacent to an activating group) is 3. The number of nitrogens with zero attached hydrogens (tertiary/aromatic N) is 5. The van der Waals surface area contributed by atoms with E-state index in [0.29, 0.717) is 25.1 Å². The van der Waals surface area contributed by atoms with Crippen LogP contribution in [0.2, 0.25) is 0 Å². The van der Waals surface area contributed by atoms with Gasteiger partial charge in [-0.15, -0.1) is 11.3 Å². The molecule has 0 radical (unpaired) electrons. The van der Waals surface area contributed by atoms with Gasteiger partial charge in [0.25, 0.3) is 0 Å². The number of carbonyl (C=O) groups excluding carboxylic acids is 4. The number of phenolic OH excluding ortho intramolecular Hbond substituents is 1. The third kappa shape index (κ3) is 9.36. The van der Waals surface area contributed by atoms with Crippen LogP contribution < -0.4 is 0 Å². The lowest BCUT2D eigenvalue weighted by atomic mass is 9.93. The number of allylic oxidation sites excluding steroid dienone is 1. The third-order valence-corrected chi connectivity index (χ3v) is 10.3. The number of methoxy groups -OCH3 is 1. The fourth-order valence-corrected chi connectivity index (χ4v) is 7.02. The summed E-state index contributed by atoms with van der Waals surface area (Å²) >= 11 is 1.53. The van der Waals surface area contributed by atoms with Crippen LogP contribution >= 0.6 is 11.3 Å². The zero-order valence-corrected chi connectivity index (χ0v) is 30.7. The normalized spacial score (nSPS) is 17.4. The standard InChI is InChI=1S/C36H53N5O6S/c1-10-24(4)32(36(46)41-18-11-12-28(41)33-37-17-19-48-33)40(8)35(45)29(20-23(2)3)39(7)34(44)30(22-26-13-15-27(42)16-14-26)38(6)31(43)21-25(5)47-9/h13-17,19,21,23-24,28-30,32,42H,10-12,18,20,22H2,1-9H3/b25-21+/t24?,28?,29-,30?,32-/m0/s1. The van der Waals surface area contributed by atoms with Crippen LogP contribution in [0.4, 0.5) is 0 Å². The number of carbonyl (C=O) groups is 4. The molecule has 0 saturated carbocycles. The van der Waals surface area contributed by atoms with Crippen LogP contribution in [0.25, 0.3) is 0 Å². The molecule has 1 aliphatic heterocycles. The summed E-state index contributed by atoms with van der Waals surface area (Å²) in [6.07, 6.45) is 5.97. The van der Waals surface area contributed by atoms with E-state index >= 15 is 0 Å². The minimum Gasteiger partial charge on any atom is -0.508 e. The van der Waals surface area contributed by atoms with Crippen LogP contribution in [0.1, 0.15) is 76.9 Å². The van der Waals surface area contributed by atoms with Gasteiger partial charge in [-0.3, -0.25) is 19.2 Å². The molecule has 2 heterocycles. The number of aromatic nitrogens is 1. The average Bonchev–Trinajstić information content (AvgIpc) is 3.78. The summed E-state index contributed by atoms with van der Waals surface area (Å²) < 4.78 is 5.17. The van der Waals surface area contributed by atoms with E-state index in [1.807, 2.05) is 38.0 Å². The van der Waals surface area contributed by atoms with Crippen molar-refractivity contribution in [1.29, 1.82) is 0 Å². The van der Waals surface area contributed by atoms with Crippen LogP contribution in [0.5, 0.6) is 5.75 Å². The van der Waals surface area contributed by atoms with E-state index in [9.17, 15) is 24.3 Å². The van der Waals surface area contributed by atoms with E-state index in [1.165, 1.54) is 46.5 Å². The van der Waals surface area contributed by atoms with Crippen LogP contribution in [0.15, 0.2) is 47.7 Å². The lowest BCUT2D eigenvalue weighted by molar-refractivity contribution is -0.154. The second-order valence-corrected chi connectivity index (χ2v) is 14.2. The van der Waals surface area contributed by atoms with E-state index < -0.39 is 29.9 Å². The van der Waals surface area contributed by atoms with Gasteiger partial charge in [0.2, 0.25) is 23.6 Å². The fraction of sp³-hybridized carbons (Fsp3) is 0.583. The van der Waals surface area contributed by atoms with Crippen LogP contribution in [0.3, 0.4) is 0 Å². The molecule has 1 fully saturated rings. The number of likely N-dealkylation sites (tertiary alicyclic amines) is 1. The second-order valence-electron chi connectivity index (χ2n) is 13.2. The SMILES string of the molecule is CCC(C)[C@@H](C(=O)N1CCCC1c1nccs1)N(C)C(=O)[C@H](CC(C)C)N(C)C(=O)C(Cc1ccc(O)cc1)N(C)C(=O)/C=C(\C)OC. The molecular formula is C36H53N5O6S. The van der Waals surface area contributed by atoms with Crippen molar-refractivity contribution in [2.45, 2.75) is 90.9 Å². The molecule has 1 saturated heterocycles. The van der Waals surface area contributed by atoms with E-state index in [0.717, 1.165) is 23.4 Å². The Labute approximate surface area is 289 Å². The lowest BCUT2D eigenvalue weighted by Crippen LogP contribution is -2.59. The number of rotatable bonds is 15. The Morgan fingerprint density at radius 3 is 2.25 bits per heavy atom. The van der Waals surface area contributed by atoms with Crippen molar-refractivity contribution in [3.63, 3.8) is 0 Å². The molecule has 0 spiro atoms. The summed E-state index contributed by atoms with van der Waals surface area (Å²) in [4.78, 5) is 67.2. The predicted octanol–water partition coefficient (Wildman–Crippen LogP) is 4.88. The predicted molar refractivity (Wildman–Crippen MR) is 187 cm³/mol. The van der Waals surface area contributed by atoms with Gasteiger partial charge in [-0.25, -0.2) is 4.98 Å². The first-order valence-corrected chi connectivity index (χ1v) is 17.6. The van der Waals surface area contributed by atoms with Crippen LogP contribution in [-0.4, -0.2) is 106 Å². The third-order valence-electron chi connectivity index (χ3n) is 9.38. The summed E-state index contributed by atoms with van der Waals surface area (Å²) in [6.45, 7) is 10.2. The van der Waals surface area contributed by atoms with E-state index in [1.54, 1.807) is 51.3 Å². The number of phenols is 1. The summed E-state index contributed by atoms with van der Waals surface area (Å²) in [5.74, 6) is -0.870. The molecule has 48 heavy (non-hydrogen) atoms. The Kier molecular flexibility index (Phi) is 14.0. The molecule has 0 bridgehead atoms. The van der Waals surface area contributed by atoms with Crippen molar-refractivity contribution in [3.8, 4) is 5.75 Å². The summed E-state index contributed by atoms with van der Waals surface area (Å²) in [6, 6.07) is 3.79. The number of amides is 4. The number of hydrogen-bond acceptors (Lipinski definition) is 8. The molecule has 12 heteroatoms. The first-order chi connectivity index (χ1) is 22.7. The van der Waals surface area contributed by atoms with Crippen LogP contribution in [-0.2, 0) is 30.3 Å². The zero-order valence-electron chi connectivity index (χ0n) is 29.9. The number of ether oxygens (including phenoxy) is 1. The minimum absolute atomic E-state index is 0.0513. The summed E-state index contributed by atoms with van der Waals surface area (Å²) in [5.41, 5.74) is 0.735. The average molecular weight is 684 g/mol. The van der Waals surface area contributed by atoms with Gasteiger partial charge < -0.3 is 29.4 Å². The highest BCUT2D eigenvalue weighted by Gasteiger charge is 2.43. The largest absolute Gasteiger partial charge is 0.508 e. The van der Waals surface area contributed by atoms with Crippen molar-refractivity contribution in [2.24, 2.45) is 11.8 Å². The van der Waals surface area contributed by atoms with E-state index in [-0.39, 0.29) is 41.9 Å². The fourth-order valence-electron chi connectivity index (χ4n) is 6.24. The number of hydrogen-bond donors (Lipinski definition) is 1. The Hall–Kier alpha value is -3.93. The summed E-state index contributed by atoms with van der Waals surface area (Å²) in [7, 11) is 6.28. The van der Waals surface area contributed by atoms with Gasteiger partial charge in [-0.2, -0.15) is 0 Å². The summed E-state index contributed by atoms with van der Waals surface area (Å²) in [5, 5.41) is 12.6. The van der Waals surface area contributed by atoms with Gasteiger partial charge >= 0.3 is 0 Å². The van der Waals surface area contributed by atoms with Crippen molar-refractivity contribution < 1.29 is 29.0 Å². The minimum atomic E-state index is -0.962. The molecule has 1 aromatic heterocycles. The lowest BCUT2D eigenvalue weighted by Gasteiger charge is -2.40. The van der Waals surface area contributed by atoms with Gasteiger partial charge in [0.15, 0.2) is 0 Å². The van der Waals surface area contributed by atoms with Crippen molar-refractivity contribution in [1.82, 2.24) is 24.6 Å². The first kappa shape index (κ1) is 38.5. The highest BCUT2D eigenvalue weighted by atomic mass is 32.1. The van der Waals surface area contributed by atoms with Gasteiger partial charge in [0, 0.05) is 51.8 Å². The number of benzene rings is 1. The number of thiazole rings is 1. The van der Waals surface area contributed by atoms with Gasteiger partial charge in [0.05, 0.1) is 18.9 Å². The molecule has 3 rings (SSSR count). The van der Waals surface area contributed by atoms with E-state index in [4.69, 9.17) is 4.74 Å². The molecule has 0 aliphatic carbocycles. The molecule has 11 nitrogen and oxygen atoms in total. The molecule has 1 N–H and O–H groups in total. The molecule has 264 valence electrons. The smallest absolute Gasteiger partial charge is 0.250 e. The quantitative estimate of drug-likeness (QED) is 0.210. The molecular weight excluding hydrogens is 630 g/mol. The number of aromatic hydroxyl groups is 1. The Balaban J connectivity index is 1.96. The Morgan fingerprint density at radius 2 is 1.69 bits per heavy atom. The maximum absolute atomic E-state index is 14.5. The highest BCUT2D eigenvalue weighted by molar-refractivity contribution is 7.09. The second kappa shape index (κ2) is 17.5.